The van der Waals surface area contributed by atoms with Gasteiger partial charge in [0.05, 0.1) is 14.7 Å². The summed E-state index contributed by atoms with van der Waals surface area (Å²) in [6.07, 6.45) is 1.51. The van der Waals surface area contributed by atoms with Crippen LogP contribution in [0.3, 0.4) is 0 Å². The molecular formula is C27H18IN3O5. The molecule has 0 fully saturated rings. The Labute approximate surface area is 218 Å². The molecule has 0 radical (unpaired) electrons. The molecule has 4 aromatic carbocycles. The van der Waals surface area contributed by atoms with Gasteiger partial charge in [-0.1, -0.05) is 36.4 Å². The van der Waals surface area contributed by atoms with Gasteiger partial charge in [0.1, 0.15) is 17.9 Å². The summed E-state index contributed by atoms with van der Waals surface area (Å²) in [7, 11) is 0. The maximum atomic E-state index is 12.4. The van der Waals surface area contributed by atoms with Crippen LogP contribution in [-0.4, -0.2) is 17.0 Å². The molecule has 9 heteroatoms. The van der Waals surface area contributed by atoms with Crippen LogP contribution >= 0.6 is 22.6 Å². The van der Waals surface area contributed by atoms with Gasteiger partial charge in [-0.3, -0.25) is 14.9 Å². The minimum Gasteiger partial charge on any atom is -0.488 e. The zero-order chi connectivity index (χ0) is 25.1. The van der Waals surface area contributed by atoms with E-state index in [1.54, 1.807) is 0 Å². The van der Waals surface area contributed by atoms with E-state index in [9.17, 15) is 14.9 Å². The molecule has 0 bridgehead atoms. The molecule has 5 aromatic rings. The van der Waals surface area contributed by atoms with Gasteiger partial charge in [-0.05, 0) is 80.9 Å². The molecule has 0 atom stereocenters. The van der Waals surface area contributed by atoms with Crippen LogP contribution in [-0.2, 0) is 6.61 Å². The van der Waals surface area contributed by atoms with Crippen molar-refractivity contribution in [2.45, 2.75) is 6.61 Å². The van der Waals surface area contributed by atoms with Crippen molar-refractivity contribution >= 4 is 62.1 Å². The molecule has 1 aromatic heterocycles. The summed E-state index contributed by atoms with van der Waals surface area (Å²) >= 11 is 2.20. The van der Waals surface area contributed by atoms with Crippen LogP contribution in [0.5, 0.6) is 5.75 Å². The Morgan fingerprint density at radius 2 is 1.83 bits per heavy atom. The number of nitrogens with zero attached hydrogens (tertiary/aromatic N) is 2. The van der Waals surface area contributed by atoms with Gasteiger partial charge in [0, 0.05) is 17.5 Å². The number of rotatable bonds is 7. The normalized spacial score (nSPS) is 11.2. The van der Waals surface area contributed by atoms with E-state index >= 15 is 0 Å². The van der Waals surface area contributed by atoms with Gasteiger partial charge in [-0.25, -0.2) is 5.43 Å². The second-order valence-electron chi connectivity index (χ2n) is 7.95. The lowest BCUT2D eigenvalue weighted by Crippen LogP contribution is -2.16. The highest BCUT2D eigenvalue weighted by Gasteiger charge is 2.14. The van der Waals surface area contributed by atoms with Crippen molar-refractivity contribution in [3.05, 3.63) is 116 Å². The molecule has 1 N–H and O–H groups in total. The van der Waals surface area contributed by atoms with Crippen LogP contribution in [0.2, 0.25) is 0 Å². The fraction of sp³-hybridized carbons (Fsp3) is 0.0370. The first-order valence-corrected chi connectivity index (χ1v) is 12.0. The molecule has 36 heavy (non-hydrogen) atoms. The van der Waals surface area contributed by atoms with Crippen LogP contribution in [0, 0.1) is 13.7 Å². The predicted octanol–water partition coefficient (Wildman–Crippen LogP) is 6.44. The Morgan fingerprint density at radius 1 is 1.00 bits per heavy atom. The molecule has 1 heterocycles. The average Bonchev–Trinajstić information content (AvgIpc) is 3.32. The highest BCUT2D eigenvalue weighted by molar-refractivity contribution is 14.1. The summed E-state index contributed by atoms with van der Waals surface area (Å²) in [5, 5.41) is 17.7. The lowest BCUT2D eigenvalue weighted by atomic mass is 10.1. The van der Waals surface area contributed by atoms with Crippen molar-refractivity contribution < 1.29 is 18.9 Å². The largest absolute Gasteiger partial charge is 0.488 e. The number of hydrazone groups is 1. The first-order valence-electron chi connectivity index (χ1n) is 10.9. The van der Waals surface area contributed by atoms with Gasteiger partial charge in [-0.15, -0.1) is 0 Å². The summed E-state index contributed by atoms with van der Waals surface area (Å²) < 4.78 is 12.4. The highest BCUT2D eigenvalue weighted by Crippen LogP contribution is 2.25. The number of furan rings is 1. The molecule has 0 saturated carbocycles. The van der Waals surface area contributed by atoms with E-state index in [0.29, 0.717) is 17.6 Å². The fourth-order valence-electron chi connectivity index (χ4n) is 3.68. The Hall–Kier alpha value is -4.25. The van der Waals surface area contributed by atoms with E-state index in [-0.39, 0.29) is 11.4 Å². The summed E-state index contributed by atoms with van der Waals surface area (Å²) in [6.45, 7) is 0.449. The van der Waals surface area contributed by atoms with E-state index in [1.807, 2.05) is 30.3 Å². The average molecular weight is 591 g/mol. The van der Waals surface area contributed by atoms with Crippen molar-refractivity contribution in [2.75, 3.05) is 0 Å². The SMILES string of the molecule is O=C(N/N=C\c1ccc(OCc2ccc3ccccc3c2)c(I)c1)c1cc2cc([N+](=O)[O-])ccc2o1. The molecule has 0 aliphatic rings. The molecular weight excluding hydrogens is 573 g/mol. The monoisotopic (exact) mass is 591 g/mol. The van der Waals surface area contributed by atoms with E-state index < -0.39 is 10.8 Å². The van der Waals surface area contributed by atoms with Gasteiger partial charge < -0.3 is 9.15 Å². The van der Waals surface area contributed by atoms with E-state index in [1.165, 1.54) is 41.3 Å². The van der Waals surface area contributed by atoms with Crippen LogP contribution in [0.4, 0.5) is 5.69 Å². The number of non-ortho nitro benzene ring substituents is 1. The number of nitro benzene ring substituents is 1. The van der Waals surface area contributed by atoms with Crippen molar-refractivity contribution in [1.82, 2.24) is 5.43 Å². The predicted molar refractivity (Wildman–Crippen MR) is 145 cm³/mol. The topological polar surface area (TPSA) is 107 Å². The van der Waals surface area contributed by atoms with E-state index in [0.717, 1.165) is 20.4 Å². The van der Waals surface area contributed by atoms with Crippen molar-refractivity contribution in [2.24, 2.45) is 5.10 Å². The Kier molecular flexibility index (Phi) is 6.63. The highest BCUT2D eigenvalue weighted by atomic mass is 127. The molecule has 0 spiro atoms. The zero-order valence-electron chi connectivity index (χ0n) is 18.7. The number of nitro groups is 1. The number of hydrogen-bond donors (Lipinski definition) is 1. The first-order chi connectivity index (χ1) is 17.5. The van der Waals surface area contributed by atoms with Crippen molar-refractivity contribution in [1.29, 1.82) is 0 Å². The summed E-state index contributed by atoms with van der Waals surface area (Å²) in [5.74, 6) is 0.200. The van der Waals surface area contributed by atoms with Crippen molar-refractivity contribution in [3.8, 4) is 5.75 Å². The van der Waals surface area contributed by atoms with Gasteiger partial charge in [0.25, 0.3) is 5.69 Å². The van der Waals surface area contributed by atoms with E-state index in [4.69, 9.17) is 9.15 Å². The Balaban J connectivity index is 1.20. The third kappa shape index (κ3) is 5.20. The molecule has 5 rings (SSSR count). The van der Waals surface area contributed by atoms with Gasteiger partial charge in [0.15, 0.2) is 5.76 Å². The molecule has 8 nitrogen and oxygen atoms in total. The number of nitrogens with one attached hydrogen (secondary N) is 1. The minimum absolute atomic E-state index is 0.00895. The second kappa shape index (κ2) is 10.2. The number of carbonyl (C=O) groups is 1. The summed E-state index contributed by atoms with van der Waals surface area (Å²) in [6, 6.07) is 25.6. The van der Waals surface area contributed by atoms with Gasteiger partial charge >= 0.3 is 5.91 Å². The van der Waals surface area contributed by atoms with Gasteiger partial charge in [0.2, 0.25) is 0 Å². The number of benzene rings is 4. The minimum atomic E-state index is -0.560. The number of halogens is 1. The standard InChI is InChI=1S/C27H18IN3O5/c28-23-12-17(6-9-25(23)35-16-18-5-7-19-3-1-2-4-20(19)11-18)15-29-30-27(32)26-14-21-13-22(31(33)34)8-10-24(21)36-26/h1-15H,16H2,(H,30,32)/b29-15-. The lowest BCUT2D eigenvalue weighted by Gasteiger charge is -2.10. The molecule has 0 saturated heterocycles. The quantitative estimate of drug-likeness (QED) is 0.101. The van der Waals surface area contributed by atoms with Crippen LogP contribution in [0.25, 0.3) is 21.7 Å². The van der Waals surface area contributed by atoms with Gasteiger partial charge in [-0.2, -0.15) is 5.10 Å². The maximum absolute atomic E-state index is 12.4. The third-order valence-corrected chi connectivity index (χ3v) is 6.32. The number of ether oxygens (including phenoxy) is 1. The van der Waals surface area contributed by atoms with Crippen LogP contribution in [0.15, 0.2) is 94.4 Å². The first kappa shape index (κ1) is 23.5. The number of fused-ring (bicyclic) bond motifs is 2. The molecule has 0 aliphatic carbocycles. The Bertz CT molecular complexity index is 1640. The van der Waals surface area contributed by atoms with E-state index in [2.05, 4.69) is 63.4 Å². The van der Waals surface area contributed by atoms with Crippen LogP contribution in [0.1, 0.15) is 21.7 Å². The molecule has 178 valence electrons. The maximum Gasteiger partial charge on any atom is 0.307 e. The number of carbonyl (C=O) groups excluding carboxylic acids is 1. The lowest BCUT2D eigenvalue weighted by molar-refractivity contribution is -0.384. The van der Waals surface area contributed by atoms with Crippen LogP contribution < -0.4 is 10.2 Å². The summed E-state index contributed by atoms with van der Waals surface area (Å²) in [4.78, 5) is 22.8. The molecule has 0 unspecified atom stereocenters. The zero-order valence-corrected chi connectivity index (χ0v) is 20.8. The fourth-order valence-corrected chi connectivity index (χ4v) is 4.38. The molecule has 0 aliphatic heterocycles. The number of hydrogen-bond acceptors (Lipinski definition) is 6. The van der Waals surface area contributed by atoms with Crippen molar-refractivity contribution in [3.63, 3.8) is 0 Å². The molecule has 1 amide bonds. The third-order valence-electron chi connectivity index (χ3n) is 5.48. The second-order valence-corrected chi connectivity index (χ2v) is 9.11. The summed E-state index contributed by atoms with van der Waals surface area (Å²) in [5.41, 5.74) is 4.57. The smallest absolute Gasteiger partial charge is 0.307 e. The number of amides is 1. The Morgan fingerprint density at radius 3 is 2.64 bits per heavy atom.